The highest BCUT2D eigenvalue weighted by molar-refractivity contribution is 5.84. The number of carboxylic acids is 1. The summed E-state index contributed by atoms with van der Waals surface area (Å²) >= 11 is 0. The summed E-state index contributed by atoms with van der Waals surface area (Å²) in [6, 6.07) is 1.67. The van der Waals surface area contributed by atoms with Crippen LogP contribution in [0.3, 0.4) is 0 Å². The molecule has 0 bridgehead atoms. The summed E-state index contributed by atoms with van der Waals surface area (Å²) in [7, 11) is 0. The van der Waals surface area contributed by atoms with E-state index in [0.717, 1.165) is 37.3 Å². The van der Waals surface area contributed by atoms with E-state index >= 15 is 0 Å². The first kappa shape index (κ1) is 9.90. The standard InChI is InChI=1S/C12H15NO3/c14-11(15)9-5-8-6-13-7-12(10(8)16-9)3-1-2-4-12/h5,13H,1-4,6-7H2,(H,14,15). The molecular formula is C12H15NO3. The van der Waals surface area contributed by atoms with Gasteiger partial charge >= 0.3 is 5.97 Å². The van der Waals surface area contributed by atoms with Gasteiger partial charge in [-0.25, -0.2) is 4.79 Å². The molecule has 0 saturated heterocycles. The van der Waals surface area contributed by atoms with Crippen molar-refractivity contribution in [3.8, 4) is 0 Å². The van der Waals surface area contributed by atoms with Gasteiger partial charge in [-0.3, -0.25) is 0 Å². The predicted octanol–water partition coefficient (Wildman–Crippen LogP) is 1.89. The molecule has 1 aliphatic carbocycles. The van der Waals surface area contributed by atoms with Gasteiger partial charge in [-0.1, -0.05) is 12.8 Å². The quantitative estimate of drug-likeness (QED) is 0.760. The fourth-order valence-electron chi connectivity index (χ4n) is 3.09. The van der Waals surface area contributed by atoms with Gasteiger partial charge in [0.1, 0.15) is 5.76 Å². The number of nitrogens with one attached hydrogen (secondary N) is 1. The third-order valence-electron chi connectivity index (χ3n) is 3.84. The molecule has 1 aromatic rings. The van der Waals surface area contributed by atoms with Gasteiger partial charge in [0.05, 0.1) is 0 Å². The Hall–Kier alpha value is -1.29. The van der Waals surface area contributed by atoms with Crippen molar-refractivity contribution in [3.05, 3.63) is 23.2 Å². The Morgan fingerprint density at radius 2 is 2.19 bits per heavy atom. The number of rotatable bonds is 1. The minimum Gasteiger partial charge on any atom is -0.475 e. The molecule has 86 valence electrons. The second-order valence-electron chi connectivity index (χ2n) is 4.86. The van der Waals surface area contributed by atoms with E-state index < -0.39 is 5.97 Å². The van der Waals surface area contributed by atoms with Crippen LogP contribution in [0.5, 0.6) is 0 Å². The zero-order chi connectivity index (χ0) is 11.2. The first-order valence-electron chi connectivity index (χ1n) is 5.78. The molecule has 0 aromatic carbocycles. The third-order valence-corrected chi connectivity index (χ3v) is 3.84. The summed E-state index contributed by atoms with van der Waals surface area (Å²) in [4.78, 5) is 10.9. The molecule has 2 N–H and O–H groups in total. The number of fused-ring (bicyclic) bond motifs is 2. The molecule has 1 saturated carbocycles. The first-order valence-corrected chi connectivity index (χ1v) is 5.78. The fraction of sp³-hybridized carbons (Fsp3) is 0.583. The van der Waals surface area contributed by atoms with Crippen molar-refractivity contribution < 1.29 is 14.3 Å². The van der Waals surface area contributed by atoms with Gasteiger partial charge in [0.25, 0.3) is 0 Å². The van der Waals surface area contributed by atoms with Gasteiger partial charge in [-0.2, -0.15) is 0 Å². The van der Waals surface area contributed by atoms with Crippen molar-refractivity contribution in [1.29, 1.82) is 0 Å². The summed E-state index contributed by atoms with van der Waals surface area (Å²) in [6.07, 6.45) is 4.65. The van der Waals surface area contributed by atoms with Crippen molar-refractivity contribution in [2.45, 2.75) is 37.6 Å². The van der Waals surface area contributed by atoms with Crippen LogP contribution in [0.15, 0.2) is 10.5 Å². The van der Waals surface area contributed by atoms with Gasteiger partial charge in [0.2, 0.25) is 5.76 Å². The highest BCUT2D eigenvalue weighted by atomic mass is 16.4. The fourth-order valence-corrected chi connectivity index (χ4v) is 3.09. The van der Waals surface area contributed by atoms with Crippen LogP contribution in [0.25, 0.3) is 0 Å². The molecule has 0 radical (unpaired) electrons. The molecule has 2 aliphatic rings. The maximum atomic E-state index is 10.9. The Morgan fingerprint density at radius 1 is 1.44 bits per heavy atom. The minimum atomic E-state index is -0.970. The molecule has 0 atom stereocenters. The smallest absolute Gasteiger partial charge is 0.371 e. The van der Waals surface area contributed by atoms with E-state index in [-0.39, 0.29) is 11.2 Å². The molecular weight excluding hydrogens is 206 g/mol. The number of hydrogen-bond donors (Lipinski definition) is 2. The van der Waals surface area contributed by atoms with E-state index in [2.05, 4.69) is 5.32 Å². The summed E-state index contributed by atoms with van der Waals surface area (Å²) in [5.74, 6) is 0.0451. The third kappa shape index (κ3) is 1.29. The minimum absolute atomic E-state index is 0.0707. The van der Waals surface area contributed by atoms with E-state index in [4.69, 9.17) is 9.52 Å². The lowest BCUT2D eigenvalue weighted by molar-refractivity contribution is 0.0657. The van der Waals surface area contributed by atoms with E-state index in [9.17, 15) is 4.79 Å². The van der Waals surface area contributed by atoms with Crippen LogP contribution >= 0.6 is 0 Å². The van der Waals surface area contributed by atoms with Crippen molar-refractivity contribution in [1.82, 2.24) is 5.32 Å². The molecule has 4 heteroatoms. The molecule has 16 heavy (non-hydrogen) atoms. The number of furan rings is 1. The maximum absolute atomic E-state index is 10.9. The zero-order valence-electron chi connectivity index (χ0n) is 9.08. The van der Waals surface area contributed by atoms with E-state index in [1.54, 1.807) is 6.07 Å². The number of hydrogen-bond acceptors (Lipinski definition) is 3. The van der Waals surface area contributed by atoms with E-state index in [1.165, 1.54) is 12.8 Å². The molecule has 1 aliphatic heterocycles. The second-order valence-corrected chi connectivity index (χ2v) is 4.86. The van der Waals surface area contributed by atoms with Crippen LogP contribution in [0.2, 0.25) is 0 Å². The summed E-state index contributed by atoms with van der Waals surface area (Å²) in [5.41, 5.74) is 1.10. The van der Waals surface area contributed by atoms with Gasteiger partial charge in [0.15, 0.2) is 0 Å². The molecule has 1 fully saturated rings. The predicted molar refractivity (Wildman–Crippen MR) is 57.5 cm³/mol. The Kier molecular flexibility index (Phi) is 2.07. The topological polar surface area (TPSA) is 62.5 Å². The average Bonchev–Trinajstić information content (AvgIpc) is 2.85. The second kappa shape index (κ2) is 3.35. The number of aromatic carboxylic acids is 1. The Labute approximate surface area is 93.6 Å². The number of carbonyl (C=O) groups is 1. The van der Waals surface area contributed by atoms with E-state index in [1.807, 2.05) is 0 Å². The lowest BCUT2D eigenvalue weighted by Gasteiger charge is -2.32. The maximum Gasteiger partial charge on any atom is 0.371 e. The molecule has 3 rings (SSSR count). The summed E-state index contributed by atoms with van der Waals surface area (Å²) < 4.78 is 5.57. The lowest BCUT2D eigenvalue weighted by Crippen LogP contribution is -2.40. The first-order chi connectivity index (χ1) is 7.71. The monoisotopic (exact) mass is 221 g/mol. The van der Waals surface area contributed by atoms with Crippen LogP contribution in [0.4, 0.5) is 0 Å². The van der Waals surface area contributed by atoms with Crippen LogP contribution in [0, 0.1) is 0 Å². The summed E-state index contributed by atoms with van der Waals surface area (Å²) in [5, 5.41) is 12.3. The molecule has 2 heterocycles. The molecule has 0 amide bonds. The molecule has 4 nitrogen and oxygen atoms in total. The molecule has 0 unspecified atom stereocenters. The van der Waals surface area contributed by atoms with Crippen molar-refractivity contribution in [2.24, 2.45) is 0 Å². The zero-order valence-corrected chi connectivity index (χ0v) is 9.08. The van der Waals surface area contributed by atoms with Crippen LogP contribution < -0.4 is 5.32 Å². The average molecular weight is 221 g/mol. The van der Waals surface area contributed by atoms with E-state index in [0.29, 0.717) is 0 Å². The van der Waals surface area contributed by atoms with Crippen molar-refractivity contribution >= 4 is 5.97 Å². The van der Waals surface area contributed by atoms with Crippen molar-refractivity contribution in [3.63, 3.8) is 0 Å². The van der Waals surface area contributed by atoms with Gasteiger partial charge in [-0.05, 0) is 18.9 Å². The van der Waals surface area contributed by atoms with Gasteiger partial charge in [0, 0.05) is 24.1 Å². The highest BCUT2D eigenvalue weighted by Gasteiger charge is 2.42. The van der Waals surface area contributed by atoms with Crippen LogP contribution in [-0.4, -0.2) is 17.6 Å². The normalized spacial score (nSPS) is 22.2. The largest absolute Gasteiger partial charge is 0.475 e. The Balaban J connectivity index is 2.07. The lowest BCUT2D eigenvalue weighted by atomic mass is 9.79. The molecule has 1 aromatic heterocycles. The van der Waals surface area contributed by atoms with Crippen LogP contribution in [0.1, 0.15) is 47.6 Å². The van der Waals surface area contributed by atoms with Gasteiger partial charge in [-0.15, -0.1) is 0 Å². The van der Waals surface area contributed by atoms with Crippen molar-refractivity contribution in [2.75, 3.05) is 6.54 Å². The molecule has 1 spiro atoms. The Morgan fingerprint density at radius 3 is 2.88 bits per heavy atom. The summed E-state index contributed by atoms with van der Waals surface area (Å²) in [6.45, 7) is 1.65. The Bertz CT molecular complexity index is 429. The highest BCUT2D eigenvalue weighted by Crippen LogP contribution is 2.44. The number of carboxylic acid groups (broad SMARTS) is 1. The SMILES string of the molecule is O=C(O)c1cc2c(o1)C1(CCCC1)CNC2. The van der Waals surface area contributed by atoms with Crippen LogP contribution in [-0.2, 0) is 12.0 Å². The van der Waals surface area contributed by atoms with Gasteiger partial charge < -0.3 is 14.8 Å².